The molecule has 0 radical (unpaired) electrons. The van der Waals surface area contributed by atoms with E-state index in [1.165, 1.54) is 6.20 Å². The van der Waals surface area contributed by atoms with Crippen molar-refractivity contribution in [2.75, 3.05) is 11.1 Å². The van der Waals surface area contributed by atoms with Crippen molar-refractivity contribution in [3.05, 3.63) is 11.9 Å². The number of anilines is 1. The molecule has 0 bridgehead atoms. The van der Waals surface area contributed by atoms with Gasteiger partial charge in [0.05, 0.1) is 23.3 Å². The number of thiol groups is 1. The molecule has 1 aromatic rings. The molecule has 0 atom stereocenters. The van der Waals surface area contributed by atoms with Crippen LogP contribution in [0.25, 0.3) is 0 Å². The highest BCUT2D eigenvalue weighted by Crippen LogP contribution is 2.11. The lowest BCUT2D eigenvalue weighted by Gasteiger charge is -2.09. The van der Waals surface area contributed by atoms with Gasteiger partial charge in [-0.05, 0) is 11.6 Å². The van der Waals surface area contributed by atoms with Crippen LogP contribution in [0.15, 0.2) is 6.20 Å². The fourth-order valence-electron chi connectivity index (χ4n) is 1.40. The lowest BCUT2D eigenvalue weighted by atomic mass is 10.3. The van der Waals surface area contributed by atoms with E-state index in [1.54, 1.807) is 0 Å². The molecular weight excluding hydrogens is 302 g/mol. The standard InChI is InChI=1S/C10H17N5O3S2/c1-2-3-4-5-20(17,18)14-10(16)12-8-6-11-15-13-9(8)7-19/h6,19H,2-5,7H2,1H3,(H2,12,14,15,16). The lowest BCUT2D eigenvalue weighted by molar-refractivity contribution is 0.256. The van der Waals surface area contributed by atoms with Gasteiger partial charge in [-0.2, -0.15) is 12.6 Å². The first kappa shape index (κ1) is 16.6. The highest BCUT2D eigenvalue weighted by molar-refractivity contribution is 7.90. The summed E-state index contributed by atoms with van der Waals surface area (Å²) in [5, 5.41) is 13.0. The van der Waals surface area contributed by atoms with Crippen LogP contribution < -0.4 is 10.0 Å². The van der Waals surface area contributed by atoms with Crippen molar-refractivity contribution in [1.82, 2.24) is 20.1 Å². The minimum absolute atomic E-state index is 0.0828. The van der Waals surface area contributed by atoms with Crippen LogP contribution in [0.1, 0.15) is 31.9 Å². The van der Waals surface area contributed by atoms with Crippen molar-refractivity contribution >= 4 is 34.4 Å². The Morgan fingerprint density at radius 2 is 2.15 bits per heavy atom. The maximum Gasteiger partial charge on any atom is 0.332 e. The number of carbonyl (C=O) groups excluding carboxylic acids is 1. The van der Waals surface area contributed by atoms with E-state index in [2.05, 4.69) is 33.4 Å². The second-order valence-electron chi connectivity index (χ2n) is 4.03. The molecule has 0 spiro atoms. The maximum absolute atomic E-state index is 11.6. The van der Waals surface area contributed by atoms with E-state index in [4.69, 9.17) is 0 Å². The zero-order valence-corrected chi connectivity index (χ0v) is 12.7. The van der Waals surface area contributed by atoms with E-state index in [9.17, 15) is 13.2 Å². The molecule has 1 rings (SSSR count). The van der Waals surface area contributed by atoms with Crippen LogP contribution in [0.4, 0.5) is 10.5 Å². The zero-order chi connectivity index (χ0) is 15.0. The van der Waals surface area contributed by atoms with E-state index < -0.39 is 16.1 Å². The average molecular weight is 319 g/mol. The van der Waals surface area contributed by atoms with Crippen molar-refractivity contribution in [3.8, 4) is 0 Å². The lowest BCUT2D eigenvalue weighted by Crippen LogP contribution is -2.36. The molecule has 112 valence electrons. The molecule has 20 heavy (non-hydrogen) atoms. The number of nitrogens with one attached hydrogen (secondary N) is 2. The predicted octanol–water partition coefficient (Wildman–Crippen LogP) is 0.943. The molecule has 0 fully saturated rings. The molecule has 1 heterocycles. The summed E-state index contributed by atoms with van der Waals surface area (Å²) in [6, 6.07) is -0.848. The Morgan fingerprint density at radius 1 is 1.40 bits per heavy atom. The molecule has 0 saturated heterocycles. The summed E-state index contributed by atoms with van der Waals surface area (Å²) >= 11 is 4.03. The van der Waals surface area contributed by atoms with Gasteiger partial charge in [-0.25, -0.2) is 17.9 Å². The van der Waals surface area contributed by atoms with Gasteiger partial charge in [0.15, 0.2) is 0 Å². The number of hydrogen-bond donors (Lipinski definition) is 3. The minimum atomic E-state index is -3.63. The Morgan fingerprint density at radius 3 is 2.80 bits per heavy atom. The Hall–Kier alpha value is -1.42. The SMILES string of the molecule is CCCCCS(=O)(=O)NC(=O)Nc1cnnnc1CS. The zero-order valence-electron chi connectivity index (χ0n) is 11.0. The van der Waals surface area contributed by atoms with Gasteiger partial charge in [0.1, 0.15) is 0 Å². The fourth-order valence-corrected chi connectivity index (χ4v) is 2.65. The largest absolute Gasteiger partial charge is 0.332 e. The predicted molar refractivity (Wildman–Crippen MR) is 78.0 cm³/mol. The van der Waals surface area contributed by atoms with Gasteiger partial charge >= 0.3 is 6.03 Å². The van der Waals surface area contributed by atoms with Crippen LogP contribution in [-0.4, -0.2) is 35.6 Å². The molecule has 2 N–H and O–H groups in total. The summed E-state index contributed by atoms with van der Waals surface area (Å²) in [4.78, 5) is 11.6. The third-order valence-electron chi connectivity index (χ3n) is 2.38. The van der Waals surface area contributed by atoms with Crippen molar-refractivity contribution in [3.63, 3.8) is 0 Å². The molecule has 8 nitrogen and oxygen atoms in total. The third kappa shape index (κ3) is 5.70. The molecule has 0 unspecified atom stereocenters. The first-order chi connectivity index (χ1) is 9.48. The molecule has 2 amide bonds. The number of rotatable bonds is 7. The Kier molecular flexibility index (Phi) is 6.65. The summed E-state index contributed by atoms with van der Waals surface area (Å²) in [7, 11) is -3.63. The van der Waals surface area contributed by atoms with Crippen LogP contribution >= 0.6 is 12.6 Å². The van der Waals surface area contributed by atoms with Crippen LogP contribution in [0.2, 0.25) is 0 Å². The second kappa shape index (κ2) is 8.00. The number of aromatic nitrogens is 3. The summed E-state index contributed by atoms with van der Waals surface area (Å²) < 4.78 is 25.2. The van der Waals surface area contributed by atoms with E-state index in [-0.39, 0.29) is 17.2 Å². The van der Waals surface area contributed by atoms with E-state index >= 15 is 0 Å². The van der Waals surface area contributed by atoms with E-state index in [0.717, 1.165) is 12.8 Å². The Bertz CT molecular complexity index is 550. The Balaban J connectivity index is 2.59. The van der Waals surface area contributed by atoms with Gasteiger partial charge in [-0.15, -0.1) is 10.2 Å². The van der Waals surface area contributed by atoms with Crippen LogP contribution in [0.3, 0.4) is 0 Å². The van der Waals surface area contributed by atoms with Gasteiger partial charge in [0.25, 0.3) is 0 Å². The molecular formula is C10H17N5O3S2. The number of urea groups is 1. The maximum atomic E-state index is 11.6. The first-order valence-electron chi connectivity index (χ1n) is 6.08. The van der Waals surface area contributed by atoms with Crippen molar-refractivity contribution < 1.29 is 13.2 Å². The molecule has 1 aromatic heterocycles. The number of unbranched alkanes of at least 4 members (excludes halogenated alkanes) is 2. The van der Waals surface area contributed by atoms with Gasteiger partial charge < -0.3 is 5.32 Å². The van der Waals surface area contributed by atoms with Gasteiger partial charge in [0, 0.05) is 5.75 Å². The number of hydrogen-bond acceptors (Lipinski definition) is 7. The average Bonchev–Trinajstić information content (AvgIpc) is 2.38. The van der Waals surface area contributed by atoms with Crippen molar-refractivity contribution in [2.24, 2.45) is 0 Å². The Labute approximate surface area is 123 Å². The molecule has 10 heteroatoms. The second-order valence-corrected chi connectivity index (χ2v) is 6.19. The van der Waals surface area contributed by atoms with Crippen LogP contribution in [0, 0.1) is 0 Å². The number of sulfonamides is 1. The van der Waals surface area contributed by atoms with E-state index in [1.807, 2.05) is 11.6 Å². The number of carbonyl (C=O) groups is 1. The number of amides is 2. The number of nitrogens with zero attached hydrogens (tertiary/aromatic N) is 3. The minimum Gasteiger partial charge on any atom is -0.304 e. The summed E-state index contributed by atoms with van der Waals surface area (Å²) in [5.74, 6) is 0.162. The van der Waals surface area contributed by atoms with Crippen molar-refractivity contribution in [1.29, 1.82) is 0 Å². The fraction of sp³-hybridized carbons (Fsp3) is 0.600. The smallest absolute Gasteiger partial charge is 0.304 e. The summed E-state index contributed by atoms with van der Waals surface area (Å²) in [6.07, 6.45) is 3.49. The molecule has 0 aromatic carbocycles. The molecule has 0 aliphatic carbocycles. The van der Waals surface area contributed by atoms with E-state index in [0.29, 0.717) is 12.1 Å². The highest BCUT2D eigenvalue weighted by Gasteiger charge is 2.15. The first-order valence-corrected chi connectivity index (χ1v) is 8.36. The molecule has 0 aliphatic heterocycles. The monoisotopic (exact) mass is 319 g/mol. The highest BCUT2D eigenvalue weighted by atomic mass is 32.2. The quantitative estimate of drug-likeness (QED) is 0.509. The normalized spacial score (nSPS) is 11.1. The molecule has 0 aliphatic rings. The van der Waals surface area contributed by atoms with Crippen LogP contribution in [0.5, 0.6) is 0 Å². The third-order valence-corrected chi connectivity index (χ3v) is 4.00. The molecule has 0 saturated carbocycles. The van der Waals surface area contributed by atoms with Gasteiger partial charge in [-0.1, -0.05) is 19.8 Å². The van der Waals surface area contributed by atoms with Gasteiger partial charge in [-0.3, -0.25) is 0 Å². The topological polar surface area (TPSA) is 114 Å². The van der Waals surface area contributed by atoms with Gasteiger partial charge in [0.2, 0.25) is 10.0 Å². The van der Waals surface area contributed by atoms with Crippen LogP contribution in [-0.2, 0) is 15.8 Å². The summed E-state index contributed by atoms with van der Waals surface area (Å²) in [6.45, 7) is 1.97. The summed E-state index contributed by atoms with van der Waals surface area (Å²) in [5.41, 5.74) is 0.679. The van der Waals surface area contributed by atoms with Crippen molar-refractivity contribution in [2.45, 2.75) is 31.9 Å².